The molecule has 5 heteroatoms. The van der Waals surface area contributed by atoms with Gasteiger partial charge in [-0.05, 0) is 49.2 Å². The Morgan fingerprint density at radius 1 is 1.17 bits per heavy atom. The lowest BCUT2D eigenvalue weighted by molar-refractivity contribution is 0.586. The maximum absolute atomic E-state index is 13.2. The third-order valence-corrected chi connectivity index (χ3v) is 6.26. The van der Waals surface area contributed by atoms with Crippen LogP contribution in [0.4, 0.5) is 5.69 Å². The Bertz CT molecular complexity index is 872. The Morgan fingerprint density at radius 3 is 2.43 bits per heavy atom. The van der Waals surface area contributed by atoms with Crippen LogP contribution in [0, 0.1) is 6.92 Å². The van der Waals surface area contributed by atoms with E-state index in [0.29, 0.717) is 17.1 Å². The molecule has 23 heavy (non-hydrogen) atoms. The molecule has 2 aromatic carbocycles. The number of anilines is 1. The van der Waals surface area contributed by atoms with Gasteiger partial charge >= 0.3 is 0 Å². The summed E-state index contributed by atoms with van der Waals surface area (Å²) in [6.45, 7) is 7.99. The third-order valence-electron chi connectivity index (χ3n) is 4.19. The van der Waals surface area contributed by atoms with Gasteiger partial charge in [0.15, 0.2) is 0 Å². The zero-order valence-electron chi connectivity index (χ0n) is 13.1. The first kappa shape index (κ1) is 16.1. The van der Waals surface area contributed by atoms with Crippen molar-refractivity contribution in [3.63, 3.8) is 0 Å². The highest BCUT2D eigenvalue weighted by Gasteiger charge is 2.39. The molecule has 1 unspecified atom stereocenters. The van der Waals surface area contributed by atoms with Gasteiger partial charge in [0, 0.05) is 10.6 Å². The normalized spacial score (nSPS) is 17.4. The van der Waals surface area contributed by atoms with Gasteiger partial charge in [0.25, 0.3) is 10.0 Å². The molecule has 0 radical (unpaired) electrons. The molecule has 3 nitrogen and oxygen atoms in total. The second kappa shape index (κ2) is 5.69. The number of halogens is 1. The minimum Gasteiger partial charge on any atom is -0.258 e. The Labute approximate surface area is 142 Å². The van der Waals surface area contributed by atoms with E-state index in [1.54, 1.807) is 30.3 Å². The summed E-state index contributed by atoms with van der Waals surface area (Å²) in [6.07, 6.45) is 0.649. The molecule has 1 heterocycles. The highest BCUT2D eigenvalue weighted by atomic mass is 35.5. The van der Waals surface area contributed by atoms with E-state index in [2.05, 4.69) is 6.58 Å². The molecule has 1 aliphatic heterocycles. The quantitative estimate of drug-likeness (QED) is 0.810. The van der Waals surface area contributed by atoms with Crippen LogP contribution in [0.2, 0.25) is 5.02 Å². The smallest absolute Gasteiger partial charge is 0.258 e. The van der Waals surface area contributed by atoms with Gasteiger partial charge in [0.1, 0.15) is 0 Å². The maximum atomic E-state index is 13.2. The molecule has 1 atom stereocenters. The molecule has 0 N–H and O–H groups in total. The standard InChI is InChI=1S/C18H18ClNO2S/c1-4-17-13(3)16-11-14(19)7-10-18(16)20(17)23(21,22)15-8-5-12(2)6-9-15/h5-11,17H,3-4H2,1-2H3. The molecular formula is C18H18ClNO2S. The predicted molar refractivity (Wildman–Crippen MR) is 95.4 cm³/mol. The fourth-order valence-corrected chi connectivity index (χ4v) is 4.89. The second-order valence-corrected chi connectivity index (χ2v) is 7.98. The number of fused-ring (bicyclic) bond motifs is 1. The van der Waals surface area contributed by atoms with E-state index in [-0.39, 0.29) is 10.9 Å². The van der Waals surface area contributed by atoms with Crippen LogP contribution in [0.1, 0.15) is 24.5 Å². The average Bonchev–Trinajstić information content (AvgIpc) is 2.80. The lowest BCUT2D eigenvalue weighted by Gasteiger charge is -2.26. The lowest BCUT2D eigenvalue weighted by Crippen LogP contribution is -2.36. The van der Waals surface area contributed by atoms with Gasteiger partial charge in [0.05, 0.1) is 16.6 Å². The van der Waals surface area contributed by atoms with Gasteiger partial charge in [0.2, 0.25) is 0 Å². The largest absolute Gasteiger partial charge is 0.264 e. The molecule has 0 saturated heterocycles. The molecule has 2 aromatic rings. The Balaban J connectivity index is 2.18. The molecule has 3 rings (SSSR count). The SMILES string of the molecule is C=C1c2cc(Cl)ccc2N(S(=O)(=O)c2ccc(C)cc2)C1CC. The fraction of sp³-hybridized carbons (Fsp3) is 0.222. The van der Waals surface area contributed by atoms with E-state index in [9.17, 15) is 8.42 Å². The minimum atomic E-state index is -3.65. The van der Waals surface area contributed by atoms with Crippen LogP contribution < -0.4 is 4.31 Å². The highest BCUT2D eigenvalue weighted by Crippen LogP contribution is 2.44. The van der Waals surface area contributed by atoms with E-state index in [1.807, 2.05) is 26.0 Å². The van der Waals surface area contributed by atoms with Gasteiger partial charge in [-0.25, -0.2) is 8.42 Å². The van der Waals surface area contributed by atoms with Gasteiger partial charge in [-0.2, -0.15) is 0 Å². The number of aryl methyl sites for hydroxylation is 1. The fourth-order valence-electron chi connectivity index (χ4n) is 2.98. The van der Waals surface area contributed by atoms with Crippen LogP contribution in [-0.2, 0) is 10.0 Å². The molecule has 0 amide bonds. The van der Waals surface area contributed by atoms with Gasteiger partial charge < -0.3 is 0 Å². The number of sulfonamides is 1. The van der Waals surface area contributed by atoms with Crippen molar-refractivity contribution in [1.82, 2.24) is 0 Å². The Hall–Kier alpha value is -1.78. The third kappa shape index (κ3) is 2.56. The number of benzene rings is 2. The summed E-state index contributed by atoms with van der Waals surface area (Å²) in [4.78, 5) is 0.289. The van der Waals surface area contributed by atoms with Gasteiger partial charge in [-0.3, -0.25) is 4.31 Å². The summed E-state index contributed by atoms with van der Waals surface area (Å²) in [5.41, 5.74) is 3.27. The zero-order chi connectivity index (χ0) is 16.8. The van der Waals surface area contributed by atoms with E-state index >= 15 is 0 Å². The first-order valence-corrected chi connectivity index (χ1v) is 9.28. The van der Waals surface area contributed by atoms with Crippen LogP contribution in [0.5, 0.6) is 0 Å². The Morgan fingerprint density at radius 2 is 1.83 bits per heavy atom. The number of rotatable bonds is 3. The second-order valence-electron chi connectivity index (χ2n) is 5.72. The van der Waals surface area contributed by atoms with E-state index in [0.717, 1.165) is 16.7 Å². The molecular weight excluding hydrogens is 330 g/mol. The predicted octanol–water partition coefficient (Wildman–Crippen LogP) is 4.65. The molecule has 0 fully saturated rings. The van der Waals surface area contributed by atoms with Crippen LogP contribution in [0.25, 0.3) is 5.57 Å². The summed E-state index contributed by atoms with van der Waals surface area (Å²) >= 11 is 6.07. The summed E-state index contributed by atoms with van der Waals surface area (Å²) in [6, 6.07) is 11.9. The van der Waals surface area contributed by atoms with E-state index < -0.39 is 10.0 Å². The van der Waals surface area contributed by atoms with Crippen molar-refractivity contribution >= 4 is 32.9 Å². The first-order chi connectivity index (χ1) is 10.9. The highest BCUT2D eigenvalue weighted by molar-refractivity contribution is 7.93. The molecule has 0 bridgehead atoms. The first-order valence-electron chi connectivity index (χ1n) is 7.46. The maximum Gasteiger partial charge on any atom is 0.264 e. The summed E-state index contributed by atoms with van der Waals surface area (Å²) in [5, 5.41) is 0.578. The van der Waals surface area contributed by atoms with Gasteiger partial charge in [-0.15, -0.1) is 0 Å². The molecule has 0 aliphatic carbocycles. The van der Waals surface area contributed by atoms with E-state index in [1.165, 1.54) is 4.31 Å². The van der Waals surface area contributed by atoms with Crippen molar-refractivity contribution in [3.8, 4) is 0 Å². The molecule has 0 spiro atoms. The van der Waals surface area contributed by atoms with E-state index in [4.69, 9.17) is 11.6 Å². The summed E-state index contributed by atoms with van der Waals surface area (Å²) in [5.74, 6) is 0. The van der Waals surface area contributed by atoms with Crippen LogP contribution in [-0.4, -0.2) is 14.5 Å². The van der Waals surface area contributed by atoms with Crippen molar-refractivity contribution in [2.75, 3.05) is 4.31 Å². The van der Waals surface area contributed by atoms with Crippen LogP contribution in [0.15, 0.2) is 53.9 Å². The van der Waals surface area contributed by atoms with Crippen LogP contribution in [0.3, 0.4) is 0 Å². The average molecular weight is 348 g/mol. The van der Waals surface area contributed by atoms with Crippen molar-refractivity contribution < 1.29 is 8.42 Å². The topological polar surface area (TPSA) is 37.4 Å². The molecule has 120 valence electrons. The zero-order valence-corrected chi connectivity index (χ0v) is 14.7. The summed E-state index contributed by atoms with van der Waals surface area (Å²) in [7, 11) is -3.65. The minimum absolute atomic E-state index is 0.283. The molecule has 0 aromatic heterocycles. The van der Waals surface area contributed by atoms with Crippen molar-refractivity contribution in [1.29, 1.82) is 0 Å². The van der Waals surface area contributed by atoms with Crippen LogP contribution >= 0.6 is 11.6 Å². The molecule has 1 aliphatic rings. The molecule has 0 saturated carbocycles. The van der Waals surface area contributed by atoms with Gasteiger partial charge in [-0.1, -0.05) is 42.8 Å². The lowest BCUT2D eigenvalue weighted by atomic mass is 10.0. The number of hydrogen-bond acceptors (Lipinski definition) is 2. The number of hydrogen-bond donors (Lipinski definition) is 0. The van der Waals surface area contributed by atoms with Crippen molar-refractivity contribution in [2.24, 2.45) is 0 Å². The number of nitrogens with zero attached hydrogens (tertiary/aromatic N) is 1. The summed E-state index contributed by atoms with van der Waals surface area (Å²) < 4.78 is 27.8. The van der Waals surface area contributed by atoms with Crippen molar-refractivity contribution in [3.05, 3.63) is 65.2 Å². The van der Waals surface area contributed by atoms with Crippen molar-refractivity contribution in [2.45, 2.75) is 31.2 Å². The monoisotopic (exact) mass is 347 g/mol. The Kier molecular flexibility index (Phi) is 3.98.